The van der Waals surface area contributed by atoms with Gasteiger partial charge >= 0.3 is 0 Å². The van der Waals surface area contributed by atoms with Crippen molar-refractivity contribution in [2.24, 2.45) is 0 Å². The van der Waals surface area contributed by atoms with Crippen molar-refractivity contribution in [1.82, 2.24) is 14.9 Å². The average molecular weight is 434 g/mol. The van der Waals surface area contributed by atoms with Crippen molar-refractivity contribution in [2.45, 2.75) is 13.5 Å². The molecule has 2 N–H and O–H groups in total. The fourth-order valence-corrected chi connectivity index (χ4v) is 4.48. The number of amides is 2. The van der Waals surface area contributed by atoms with Crippen molar-refractivity contribution in [3.05, 3.63) is 70.5 Å². The SMILES string of the molecule is CCn1cc(C2=C(c3c[nH]c4c(Br)cccc34)C(=O)NC2=O)c2ccccc21. The molecule has 0 saturated heterocycles. The van der Waals surface area contributed by atoms with Crippen LogP contribution in [0.15, 0.2) is 59.3 Å². The highest BCUT2D eigenvalue weighted by Gasteiger charge is 2.35. The number of nitrogens with one attached hydrogen (secondary N) is 2. The van der Waals surface area contributed by atoms with Crippen LogP contribution in [0.2, 0.25) is 0 Å². The molecule has 0 saturated carbocycles. The number of hydrogen-bond donors (Lipinski definition) is 2. The molecule has 1 aliphatic heterocycles. The Hall–Kier alpha value is -3.12. The molecule has 0 unspecified atom stereocenters. The van der Waals surface area contributed by atoms with E-state index in [0.29, 0.717) is 11.1 Å². The number of aryl methyl sites for hydroxylation is 1. The number of rotatable bonds is 3. The molecule has 2 aromatic heterocycles. The van der Waals surface area contributed by atoms with Gasteiger partial charge in [-0.05, 0) is 35.0 Å². The van der Waals surface area contributed by atoms with Gasteiger partial charge in [0.05, 0.1) is 16.7 Å². The Balaban J connectivity index is 1.86. The Morgan fingerprint density at radius 1 is 0.929 bits per heavy atom. The fourth-order valence-electron chi connectivity index (χ4n) is 4.00. The van der Waals surface area contributed by atoms with Crippen LogP contribution in [0.25, 0.3) is 33.0 Å². The minimum absolute atomic E-state index is 0.358. The molecular weight excluding hydrogens is 418 g/mol. The monoisotopic (exact) mass is 433 g/mol. The lowest BCUT2D eigenvalue weighted by atomic mass is 9.95. The number of H-pyrrole nitrogens is 1. The summed E-state index contributed by atoms with van der Waals surface area (Å²) < 4.78 is 3.00. The predicted molar refractivity (Wildman–Crippen MR) is 114 cm³/mol. The number of hydrogen-bond acceptors (Lipinski definition) is 2. The van der Waals surface area contributed by atoms with Gasteiger partial charge in [0.25, 0.3) is 11.8 Å². The summed E-state index contributed by atoms with van der Waals surface area (Å²) in [5.41, 5.74) is 4.28. The van der Waals surface area contributed by atoms with Crippen LogP contribution < -0.4 is 5.32 Å². The van der Waals surface area contributed by atoms with E-state index in [2.05, 4.69) is 37.7 Å². The fraction of sp³-hybridized carbons (Fsp3) is 0.0909. The molecule has 2 amide bonds. The number of aromatic amines is 1. The highest BCUT2D eigenvalue weighted by Crippen LogP contribution is 2.39. The molecular formula is C22H16BrN3O2. The van der Waals surface area contributed by atoms with Crippen molar-refractivity contribution in [3.63, 3.8) is 0 Å². The van der Waals surface area contributed by atoms with E-state index in [9.17, 15) is 9.59 Å². The number of nitrogens with zero attached hydrogens (tertiary/aromatic N) is 1. The smallest absolute Gasteiger partial charge is 0.259 e. The Labute approximate surface area is 169 Å². The molecule has 0 spiro atoms. The molecule has 2 aromatic carbocycles. The number of para-hydroxylation sites is 2. The molecule has 5 rings (SSSR count). The van der Waals surface area contributed by atoms with E-state index in [1.807, 2.05) is 48.7 Å². The van der Waals surface area contributed by atoms with E-state index in [4.69, 9.17) is 0 Å². The van der Waals surface area contributed by atoms with Gasteiger partial charge in [-0.15, -0.1) is 0 Å². The average Bonchev–Trinajstić information content (AvgIpc) is 3.35. The summed E-state index contributed by atoms with van der Waals surface area (Å²) in [7, 11) is 0. The molecule has 0 radical (unpaired) electrons. The second kappa shape index (κ2) is 6.21. The molecule has 0 fully saturated rings. The van der Waals surface area contributed by atoms with Crippen LogP contribution >= 0.6 is 15.9 Å². The molecule has 138 valence electrons. The van der Waals surface area contributed by atoms with Crippen molar-refractivity contribution in [3.8, 4) is 0 Å². The highest BCUT2D eigenvalue weighted by atomic mass is 79.9. The van der Waals surface area contributed by atoms with Crippen LogP contribution in [0.5, 0.6) is 0 Å². The van der Waals surface area contributed by atoms with E-state index >= 15 is 0 Å². The maximum absolute atomic E-state index is 12.8. The summed E-state index contributed by atoms with van der Waals surface area (Å²) in [5.74, 6) is -0.724. The van der Waals surface area contributed by atoms with Crippen molar-refractivity contribution >= 4 is 60.7 Å². The van der Waals surface area contributed by atoms with Crippen LogP contribution in [0.1, 0.15) is 18.1 Å². The van der Waals surface area contributed by atoms with E-state index in [0.717, 1.165) is 44.0 Å². The van der Waals surface area contributed by atoms with E-state index in [1.54, 1.807) is 6.20 Å². The maximum Gasteiger partial charge on any atom is 0.259 e. The quantitative estimate of drug-likeness (QED) is 0.468. The summed E-state index contributed by atoms with van der Waals surface area (Å²) in [4.78, 5) is 28.8. The van der Waals surface area contributed by atoms with E-state index < -0.39 is 0 Å². The zero-order valence-electron chi connectivity index (χ0n) is 15.0. The number of aromatic nitrogens is 2. The highest BCUT2D eigenvalue weighted by molar-refractivity contribution is 9.10. The number of fused-ring (bicyclic) bond motifs is 2. The van der Waals surface area contributed by atoms with Crippen molar-refractivity contribution in [2.75, 3.05) is 0 Å². The van der Waals surface area contributed by atoms with Crippen LogP contribution in [0.3, 0.4) is 0 Å². The minimum Gasteiger partial charge on any atom is -0.360 e. The standard InChI is InChI=1S/C22H16BrN3O2/c1-2-26-11-15(12-6-3-4-9-17(12)26)19-18(21(27)25-22(19)28)14-10-24-20-13(14)7-5-8-16(20)23/h3-11,24H,2H2,1H3,(H,25,27,28). The first-order chi connectivity index (χ1) is 13.6. The molecule has 0 bridgehead atoms. The van der Waals surface area contributed by atoms with Gasteiger partial charge in [-0.2, -0.15) is 0 Å². The first kappa shape index (κ1) is 17.0. The lowest BCUT2D eigenvalue weighted by Crippen LogP contribution is -2.22. The number of benzene rings is 2. The van der Waals surface area contributed by atoms with Gasteiger partial charge in [0, 0.05) is 50.8 Å². The molecule has 28 heavy (non-hydrogen) atoms. The van der Waals surface area contributed by atoms with Gasteiger partial charge in [0.2, 0.25) is 0 Å². The lowest BCUT2D eigenvalue weighted by molar-refractivity contribution is -0.122. The van der Waals surface area contributed by atoms with Crippen LogP contribution in [-0.4, -0.2) is 21.4 Å². The van der Waals surface area contributed by atoms with Crippen molar-refractivity contribution in [1.29, 1.82) is 0 Å². The molecule has 3 heterocycles. The number of carbonyl (C=O) groups is 2. The first-order valence-electron chi connectivity index (χ1n) is 9.04. The van der Waals surface area contributed by atoms with Gasteiger partial charge in [0.1, 0.15) is 0 Å². The van der Waals surface area contributed by atoms with E-state index in [-0.39, 0.29) is 11.8 Å². The first-order valence-corrected chi connectivity index (χ1v) is 9.83. The largest absolute Gasteiger partial charge is 0.360 e. The Morgan fingerprint density at radius 2 is 1.64 bits per heavy atom. The summed E-state index contributed by atoms with van der Waals surface area (Å²) >= 11 is 3.53. The normalized spacial score (nSPS) is 14.5. The Bertz CT molecular complexity index is 1330. The van der Waals surface area contributed by atoms with E-state index in [1.165, 1.54) is 0 Å². The van der Waals surface area contributed by atoms with Crippen molar-refractivity contribution < 1.29 is 9.59 Å². The second-order valence-electron chi connectivity index (χ2n) is 6.74. The van der Waals surface area contributed by atoms with Gasteiger partial charge in [-0.1, -0.05) is 30.3 Å². The zero-order chi connectivity index (χ0) is 19.4. The number of halogens is 1. The summed E-state index contributed by atoms with van der Waals surface area (Å²) in [6, 6.07) is 13.7. The van der Waals surface area contributed by atoms with Gasteiger partial charge < -0.3 is 9.55 Å². The molecule has 0 aliphatic carbocycles. The van der Waals surface area contributed by atoms with Crippen LogP contribution in [-0.2, 0) is 16.1 Å². The lowest BCUT2D eigenvalue weighted by Gasteiger charge is -2.03. The van der Waals surface area contributed by atoms with Gasteiger partial charge in [-0.25, -0.2) is 0 Å². The maximum atomic E-state index is 12.8. The third-order valence-electron chi connectivity index (χ3n) is 5.26. The molecule has 5 nitrogen and oxygen atoms in total. The third-order valence-corrected chi connectivity index (χ3v) is 5.92. The van der Waals surface area contributed by atoms with Crippen LogP contribution in [0, 0.1) is 0 Å². The second-order valence-corrected chi connectivity index (χ2v) is 7.60. The zero-order valence-corrected chi connectivity index (χ0v) is 16.6. The number of imide groups is 1. The molecule has 6 heteroatoms. The Kier molecular flexibility index (Phi) is 3.77. The number of carbonyl (C=O) groups excluding carboxylic acids is 2. The predicted octanol–water partition coefficient (Wildman–Crippen LogP) is 4.47. The Morgan fingerprint density at radius 3 is 2.43 bits per heavy atom. The summed E-state index contributed by atoms with van der Waals surface area (Å²) in [6.45, 7) is 2.83. The summed E-state index contributed by atoms with van der Waals surface area (Å²) in [5, 5.41) is 4.34. The topological polar surface area (TPSA) is 66.9 Å². The molecule has 1 aliphatic rings. The van der Waals surface area contributed by atoms with Gasteiger partial charge in [-0.3, -0.25) is 14.9 Å². The van der Waals surface area contributed by atoms with Gasteiger partial charge in [0.15, 0.2) is 0 Å². The molecule has 4 aromatic rings. The minimum atomic E-state index is -0.366. The van der Waals surface area contributed by atoms with Crippen LogP contribution in [0.4, 0.5) is 0 Å². The molecule has 0 atom stereocenters. The third kappa shape index (κ3) is 2.31. The summed E-state index contributed by atoms with van der Waals surface area (Å²) in [6.07, 6.45) is 3.75.